The Labute approximate surface area is 252 Å². The molecule has 5 rings (SSSR count). The molecule has 2 heterocycles. The van der Waals surface area contributed by atoms with Crippen molar-refractivity contribution in [3.8, 4) is 0 Å². The lowest BCUT2D eigenvalue weighted by Crippen LogP contribution is -2.30. The summed E-state index contributed by atoms with van der Waals surface area (Å²) < 4.78 is 43.5. The van der Waals surface area contributed by atoms with Crippen molar-refractivity contribution in [1.82, 2.24) is 9.21 Å². The molecule has 40 heavy (non-hydrogen) atoms. The van der Waals surface area contributed by atoms with E-state index >= 15 is 0 Å². The molecule has 5 atom stereocenters. The summed E-state index contributed by atoms with van der Waals surface area (Å²) in [5, 5.41) is 11.1. The number of para-hydroxylation sites is 1. The fourth-order valence-electron chi connectivity index (χ4n) is 4.71. The molecule has 2 fully saturated rings. The van der Waals surface area contributed by atoms with E-state index in [1.54, 1.807) is 42.5 Å². The third kappa shape index (κ3) is 6.38. The van der Waals surface area contributed by atoms with Crippen molar-refractivity contribution in [2.75, 3.05) is 13.1 Å². The summed E-state index contributed by atoms with van der Waals surface area (Å²) >= 11 is 6.71. The molecule has 0 aliphatic carbocycles. The van der Waals surface area contributed by atoms with Gasteiger partial charge in [0.25, 0.3) is 5.69 Å². The Morgan fingerprint density at radius 3 is 1.98 bits per heavy atom. The van der Waals surface area contributed by atoms with Gasteiger partial charge in [0.05, 0.1) is 20.7 Å². The van der Waals surface area contributed by atoms with E-state index in [9.17, 15) is 23.1 Å². The van der Waals surface area contributed by atoms with Gasteiger partial charge in [0.15, 0.2) is 0 Å². The van der Waals surface area contributed by atoms with Gasteiger partial charge in [0, 0.05) is 51.3 Å². The van der Waals surface area contributed by atoms with E-state index in [2.05, 4.69) is 31.9 Å². The first kappa shape index (κ1) is 30.9. The first-order valence-electron chi connectivity index (χ1n) is 12.7. The summed E-state index contributed by atoms with van der Waals surface area (Å²) in [6.45, 7) is 11.4. The highest BCUT2D eigenvalue weighted by molar-refractivity contribution is 9.10. The predicted molar refractivity (Wildman–Crippen MR) is 161 cm³/mol. The lowest BCUT2D eigenvalue weighted by molar-refractivity contribution is -0.385. The standard InChI is InChI=1S/C16H14BrFN2O2.C13H17BrFNOS/c1-16(13-8-12(17)6-7-14(13)18)10-19(16)9-11-4-2-3-5-15(11)20(21)22;1-12(2,3)18(17)16-8-13(16,4)10-7-9(14)5-6-11(10)15/h2-8H,9-10H2,1H3;5-7H,8H2,1-4H3/t16-,19?;13-,16?,18+/m00/s1. The quantitative estimate of drug-likeness (QED) is 0.150. The number of nitro groups is 1. The topological polar surface area (TPSA) is 66.2 Å². The zero-order chi connectivity index (χ0) is 29.6. The van der Waals surface area contributed by atoms with Crippen LogP contribution in [0, 0.1) is 21.7 Å². The van der Waals surface area contributed by atoms with Gasteiger partial charge in [-0.15, -0.1) is 0 Å². The van der Waals surface area contributed by atoms with Crippen LogP contribution in [0.2, 0.25) is 0 Å². The maximum atomic E-state index is 14.1. The highest BCUT2D eigenvalue weighted by Gasteiger charge is 2.56. The van der Waals surface area contributed by atoms with E-state index in [1.165, 1.54) is 18.2 Å². The molecule has 2 unspecified atom stereocenters. The van der Waals surface area contributed by atoms with Crippen LogP contribution in [0.1, 0.15) is 51.3 Å². The van der Waals surface area contributed by atoms with Gasteiger partial charge in [-0.25, -0.2) is 17.3 Å². The largest absolute Gasteiger partial charge is 0.286 e. The molecule has 2 aliphatic heterocycles. The van der Waals surface area contributed by atoms with Crippen LogP contribution in [0.3, 0.4) is 0 Å². The van der Waals surface area contributed by atoms with Crippen LogP contribution in [0.25, 0.3) is 0 Å². The average molecular weight is 699 g/mol. The second-order valence-electron chi connectivity index (χ2n) is 11.4. The molecule has 0 N–H and O–H groups in total. The number of nitro benzene ring substituents is 1. The van der Waals surface area contributed by atoms with E-state index in [-0.39, 0.29) is 27.0 Å². The summed E-state index contributed by atoms with van der Waals surface area (Å²) in [6.07, 6.45) is 0. The minimum Gasteiger partial charge on any atom is -0.286 e. The van der Waals surface area contributed by atoms with Gasteiger partial charge in [-0.05, 0) is 71.0 Å². The van der Waals surface area contributed by atoms with Crippen molar-refractivity contribution >= 4 is 48.5 Å². The van der Waals surface area contributed by atoms with Gasteiger partial charge < -0.3 is 0 Å². The molecule has 3 aromatic rings. The second kappa shape index (κ2) is 11.3. The van der Waals surface area contributed by atoms with Crippen LogP contribution in [0.15, 0.2) is 69.6 Å². The first-order valence-corrected chi connectivity index (χ1v) is 15.4. The van der Waals surface area contributed by atoms with E-state index < -0.39 is 22.1 Å². The summed E-state index contributed by atoms with van der Waals surface area (Å²) in [4.78, 5) is 12.7. The molecule has 2 saturated heterocycles. The fraction of sp³-hybridized carbons (Fsp3) is 0.379. The highest BCUT2D eigenvalue weighted by atomic mass is 79.9. The van der Waals surface area contributed by atoms with Gasteiger partial charge in [-0.1, -0.05) is 50.1 Å². The summed E-state index contributed by atoms with van der Waals surface area (Å²) in [6, 6.07) is 16.4. The molecule has 6 nitrogen and oxygen atoms in total. The monoisotopic (exact) mass is 697 g/mol. The van der Waals surface area contributed by atoms with E-state index in [4.69, 9.17) is 0 Å². The van der Waals surface area contributed by atoms with Crippen LogP contribution in [-0.2, 0) is 28.6 Å². The van der Waals surface area contributed by atoms with Gasteiger partial charge in [0.1, 0.15) is 22.6 Å². The Morgan fingerprint density at radius 1 is 0.925 bits per heavy atom. The zero-order valence-corrected chi connectivity index (χ0v) is 26.9. The van der Waals surface area contributed by atoms with Crippen LogP contribution in [0.4, 0.5) is 14.5 Å². The van der Waals surface area contributed by atoms with Gasteiger partial charge >= 0.3 is 0 Å². The predicted octanol–water partition coefficient (Wildman–Crippen LogP) is 7.81. The lowest BCUT2D eigenvalue weighted by Gasteiger charge is -2.21. The molecule has 214 valence electrons. The van der Waals surface area contributed by atoms with Crippen molar-refractivity contribution in [1.29, 1.82) is 0 Å². The van der Waals surface area contributed by atoms with Crippen molar-refractivity contribution in [3.63, 3.8) is 0 Å². The van der Waals surface area contributed by atoms with Crippen LogP contribution >= 0.6 is 31.9 Å². The zero-order valence-electron chi connectivity index (χ0n) is 22.9. The number of benzene rings is 3. The molecule has 0 bridgehead atoms. The second-order valence-corrected chi connectivity index (χ2v) is 15.4. The fourth-order valence-corrected chi connectivity index (χ4v) is 6.92. The smallest absolute Gasteiger partial charge is 0.273 e. The molecule has 0 aromatic heterocycles. The highest BCUT2D eigenvalue weighted by Crippen LogP contribution is 2.47. The molecule has 0 saturated carbocycles. The number of hydrogen-bond acceptors (Lipinski definition) is 4. The number of nitrogens with zero attached hydrogens (tertiary/aromatic N) is 3. The summed E-state index contributed by atoms with van der Waals surface area (Å²) in [5.74, 6) is -0.495. The SMILES string of the molecule is CC(C)(C)[S@@](=O)N1C[C@@]1(C)c1cc(Br)ccc1F.C[C@@]1(c2cc(Br)ccc2F)CN1Cc1ccccc1[N+](=O)[O-]. The van der Waals surface area contributed by atoms with Crippen LogP contribution in [-0.4, -0.2) is 36.2 Å². The van der Waals surface area contributed by atoms with Crippen LogP contribution in [0.5, 0.6) is 0 Å². The minimum absolute atomic E-state index is 0.103. The molecule has 0 radical (unpaired) electrons. The van der Waals surface area contributed by atoms with Gasteiger partial charge in [-0.2, -0.15) is 0 Å². The Kier molecular flexibility index (Phi) is 8.74. The van der Waals surface area contributed by atoms with Crippen molar-refractivity contribution in [2.24, 2.45) is 0 Å². The molecule has 11 heteroatoms. The maximum Gasteiger partial charge on any atom is 0.273 e. The molecule has 3 aromatic carbocycles. The van der Waals surface area contributed by atoms with Gasteiger partial charge in [-0.3, -0.25) is 15.0 Å². The first-order chi connectivity index (χ1) is 18.6. The van der Waals surface area contributed by atoms with Crippen molar-refractivity contribution in [3.05, 3.63) is 108 Å². The molecule has 2 aliphatic rings. The normalized spacial score (nSPS) is 25.9. The maximum absolute atomic E-state index is 14.1. The molecule has 0 amide bonds. The Balaban J connectivity index is 0.000000189. The molecular formula is C29H31Br2F2N3O3S. The Bertz CT molecular complexity index is 1490. The minimum atomic E-state index is -1.11. The molecule has 0 spiro atoms. The number of halogens is 4. The lowest BCUT2D eigenvalue weighted by atomic mass is 10.0. The van der Waals surface area contributed by atoms with E-state index in [1.807, 2.05) is 43.8 Å². The molecular weight excluding hydrogens is 668 g/mol. The van der Waals surface area contributed by atoms with E-state index in [0.717, 1.165) is 8.95 Å². The Morgan fingerprint density at radius 2 is 1.45 bits per heavy atom. The van der Waals surface area contributed by atoms with Crippen molar-refractivity contribution in [2.45, 2.75) is 57.0 Å². The number of hydrogen-bond donors (Lipinski definition) is 0. The summed E-state index contributed by atoms with van der Waals surface area (Å²) in [7, 11) is -1.11. The Hall–Kier alpha value is -2.05. The number of rotatable bonds is 6. The van der Waals surface area contributed by atoms with E-state index in [0.29, 0.717) is 36.3 Å². The average Bonchev–Trinajstić information content (AvgIpc) is 3.76. The van der Waals surface area contributed by atoms with Crippen LogP contribution < -0.4 is 0 Å². The third-order valence-electron chi connectivity index (χ3n) is 7.28. The summed E-state index contributed by atoms with van der Waals surface area (Å²) in [5.41, 5.74) is 1.09. The third-order valence-corrected chi connectivity index (χ3v) is 10.2. The van der Waals surface area contributed by atoms with Crippen molar-refractivity contribution < 1.29 is 17.9 Å². The van der Waals surface area contributed by atoms with Gasteiger partial charge in [0.2, 0.25) is 0 Å².